The third-order valence-corrected chi connectivity index (χ3v) is 5.07. The summed E-state index contributed by atoms with van der Waals surface area (Å²) in [6.45, 7) is 5.17. The Bertz CT molecular complexity index is 698. The van der Waals surface area contributed by atoms with Crippen molar-refractivity contribution in [1.29, 1.82) is 0 Å². The number of methoxy groups -OCH3 is 2. The van der Waals surface area contributed by atoms with E-state index < -0.39 is 0 Å². The molecule has 4 N–H and O–H groups in total. The van der Waals surface area contributed by atoms with Crippen molar-refractivity contribution in [3.05, 3.63) is 58.7 Å². The largest absolute Gasteiger partial charge is 0.493 e. The average Bonchev–Trinajstić information content (AvgIpc) is 2.62. The van der Waals surface area contributed by atoms with Gasteiger partial charge in [-0.15, -0.1) is 0 Å². The fourth-order valence-electron chi connectivity index (χ4n) is 3.71. The average molecular weight is 328 g/mol. The van der Waals surface area contributed by atoms with Gasteiger partial charge in [0.25, 0.3) is 0 Å². The molecule has 0 saturated heterocycles. The molecule has 2 aromatic carbocycles. The lowest BCUT2D eigenvalue weighted by molar-refractivity contribution is -0.952. The Kier molecular flexibility index (Phi) is 5.07. The minimum absolute atomic E-state index is 0.398. The summed E-state index contributed by atoms with van der Waals surface area (Å²) in [5, 5.41) is 0. The monoisotopic (exact) mass is 328 g/mol. The van der Waals surface area contributed by atoms with Crippen LogP contribution in [0, 0.1) is 6.92 Å². The van der Waals surface area contributed by atoms with Crippen LogP contribution in [0.3, 0.4) is 0 Å². The third kappa shape index (κ3) is 3.25. The SMILES string of the molecule is COc1cc2c(cc1OC)[C@@H](C[NH3+])[NH+](Cc1ccc(C)cc1)CC2. The molecule has 4 heteroatoms. The highest BCUT2D eigenvalue weighted by Crippen LogP contribution is 2.33. The van der Waals surface area contributed by atoms with Gasteiger partial charge in [0.2, 0.25) is 0 Å². The van der Waals surface area contributed by atoms with Crippen LogP contribution >= 0.6 is 0 Å². The first-order valence-corrected chi connectivity index (χ1v) is 8.60. The first-order valence-electron chi connectivity index (χ1n) is 8.60. The van der Waals surface area contributed by atoms with Gasteiger partial charge in [0.05, 0.1) is 20.8 Å². The maximum atomic E-state index is 5.51. The molecule has 0 fully saturated rings. The van der Waals surface area contributed by atoms with E-state index in [0.29, 0.717) is 6.04 Å². The van der Waals surface area contributed by atoms with Gasteiger partial charge in [-0.1, -0.05) is 29.8 Å². The molecule has 0 saturated carbocycles. The van der Waals surface area contributed by atoms with Gasteiger partial charge in [0.15, 0.2) is 17.5 Å². The summed E-state index contributed by atoms with van der Waals surface area (Å²) in [5.74, 6) is 1.63. The minimum atomic E-state index is 0.398. The van der Waals surface area contributed by atoms with Gasteiger partial charge in [-0.05, 0) is 24.6 Å². The van der Waals surface area contributed by atoms with Crippen molar-refractivity contribution in [2.45, 2.75) is 25.9 Å². The lowest BCUT2D eigenvalue weighted by Gasteiger charge is -2.33. The van der Waals surface area contributed by atoms with Crippen molar-refractivity contribution >= 4 is 0 Å². The Morgan fingerprint density at radius 2 is 1.75 bits per heavy atom. The zero-order valence-electron chi connectivity index (χ0n) is 14.9. The predicted octanol–water partition coefficient (Wildman–Crippen LogP) is 0.936. The van der Waals surface area contributed by atoms with Gasteiger partial charge in [-0.2, -0.15) is 0 Å². The van der Waals surface area contributed by atoms with Gasteiger partial charge in [-0.25, -0.2) is 0 Å². The van der Waals surface area contributed by atoms with E-state index >= 15 is 0 Å². The first-order chi connectivity index (χ1) is 11.7. The molecule has 128 valence electrons. The third-order valence-electron chi connectivity index (χ3n) is 5.07. The van der Waals surface area contributed by atoms with Crippen molar-refractivity contribution < 1.29 is 20.1 Å². The molecule has 2 aromatic rings. The molecule has 1 aliphatic rings. The van der Waals surface area contributed by atoms with Crippen LogP contribution in [0.15, 0.2) is 36.4 Å². The van der Waals surface area contributed by atoms with E-state index in [2.05, 4.69) is 49.1 Å². The van der Waals surface area contributed by atoms with Crippen LogP contribution in [0.1, 0.15) is 28.3 Å². The zero-order chi connectivity index (χ0) is 17.1. The number of hydrogen-bond donors (Lipinski definition) is 2. The lowest BCUT2D eigenvalue weighted by Crippen LogP contribution is -3.13. The second-order valence-electron chi connectivity index (χ2n) is 6.57. The second-order valence-corrected chi connectivity index (χ2v) is 6.57. The molecule has 24 heavy (non-hydrogen) atoms. The zero-order valence-corrected chi connectivity index (χ0v) is 14.9. The van der Waals surface area contributed by atoms with E-state index in [0.717, 1.165) is 37.6 Å². The smallest absolute Gasteiger partial charge is 0.163 e. The topological polar surface area (TPSA) is 50.5 Å². The van der Waals surface area contributed by atoms with Crippen LogP contribution < -0.4 is 20.1 Å². The molecule has 4 nitrogen and oxygen atoms in total. The molecule has 1 aliphatic heterocycles. The minimum Gasteiger partial charge on any atom is -0.493 e. The number of benzene rings is 2. The van der Waals surface area contributed by atoms with Gasteiger partial charge in [-0.3, -0.25) is 0 Å². The Balaban J connectivity index is 1.89. The highest BCUT2D eigenvalue weighted by atomic mass is 16.5. The van der Waals surface area contributed by atoms with E-state index in [1.54, 1.807) is 19.1 Å². The van der Waals surface area contributed by atoms with Crippen molar-refractivity contribution in [2.24, 2.45) is 0 Å². The number of hydrogen-bond acceptors (Lipinski definition) is 2. The highest BCUT2D eigenvalue weighted by molar-refractivity contribution is 5.48. The number of aryl methyl sites for hydroxylation is 1. The lowest BCUT2D eigenvalue weighted by atomic mass is 9.91. The quantitative estimate of drug-likeness (QED) is 0.858. The Labute approximate surface area is 144 Å². The van der Waals surface area contributed by atoms with E-state index in [1.165, 1.54) is 22.3 Å². The summed E-state index contributed by atoms with van der Waals surface area (Å²) in [7, 11) is 3.39. The number of quaternary nitrogens is 2. The van der Waals surface area contributed by atoms with E-state index in [9.17, 15) is 0 Å². The van der Waals surface area contributed by atoms with E-state index in [4.69, 9.17) is 9.47 Å². The van der Waals surface area contributed by atoms with Gasteiger partial charge in [0.1, 0.15) is 13.1 Å². The molecule has 0 spiro atoms. The molecule has 3 rings (SSSR count). The molecule has 1 unspecified atom stereocenters. The normalized spacial score (nSPS) is 19.7. The van der Waals surface area contributed by atoms with Crippen LogP contribution in [-0.4, -0.2) is 27.3 Å². The van der Waals surface area contributed by atoms with Crippen molar-refractivity contribution in [1.82, 2.24) is 0 Å². The van der Waals surface area contributed by atoms with Crippen molar-refractivity contribution in [3.63, 3.8) is 0 Å². The van der Waals surface area contributed by atoms with Gasteiger partial charge < -0.3 is 20.1 Å². The fraction of sp³-hybridized carbons (Fsp3) is 0.400. The number of fused-ring (bicyclic) bond motifs is 1. The molecular weight excluding hydrogens is 300 g/mol. The van der Waals surface area contributed by atoms with Gasteiger partial charge >= 0.3 is 0 Å². The van der Waals surface area contributed by atoms with Crippen LogP contribution in [0.25, 0.3) is 0 Å². The highest BCUT2D eigenvalue weighted by Gasteiger charge is 2.32. The number of nitrogens with one attached hydrogen (secondary N) is 1. The van der Waals surface area contributed by atoms with Crippen molar-refractivity contribution in [2.75, 3.05) is 27.3 Å². The van der Waals surface area contributed by atoms with Crippen molar-refractivity contribution in [3.8, 4) is 11.5 Å². The first kappa shape index (κ1) is 16.8. The molecule has 0 aliphatic carbocycles. The van der Waals surface area contributed by atoms with Crippen LogP contribution in [0.2, 0.25) is 0 Å². The molecule has 2 atom stereocenters. The van der Waals surface area contributed by atoms with Crippen LogP contribution in [0.5, 0.6) is 11.5 Å². The molecule has 0 aromatic heterocycles. The van der Waals surface area contributed by atoms with Crippen LogP contribution in [0.4, 0.5) is 0 Å². The number of rotatable bonds is 5. The summed E-state index contributed by atoms with van der Waals surface area (Å²) in [6.07, 6.45) is 1.06. The Morgan fingerprint density at radius 1 is 1.08 bits per heavy atom. The summed E-state index contributed by atoms with van der Waals surface area (Å²) < 4.78 is 11.0. The molecule has 0 bridgehead atoms. The molecule has 0 radical (unpaired) electrons. The van der Waals surface area contributed by atoms with Gasteiger partial charge in [0, 0.05) is 17.5 Å². The molecule has 0 amide bonds. The summed E-state index contributed by atoms with van der Waals surface area (Å²) >= 11 is 0. The maximum Gasteiger partial charge on any atom is 0.163 e. The Morgan fingerprint density at radius 3 is 2.38 bits per heavy atom. The standard InChI is InChI=1S/C20H26N2O2/c1-14-4-6-15(7-5-14)13-22-9-8-16-10-19(23-2)20(24-3)11-17(16)18(22)12-21/h4-7,10-11,18H,8-9,12-13,21H2,1-3H3/p+2/t18-/m1/s1. The Hall–Kier alpha value is -2.04. The van der Waals surface area contributed by atoms with E-state index in [1.807, 2.05) is 0 Å². The predicted molar refractivity (Wildman–Crippen MR) is 94.5 cm³/mol. The second kappa shape index (κ2) is 7.24. The number of ether oxygens (including phenoxy) is 2. The summed E-state index contributed by atoms with van der Waals surface area (Å²) in [5.41, 5.74) is 9.64. The molecular formula is C20H28N2O2+2. The molecule has 1 heterocycles. The van der Waals surface area contributed by atoms with E-state index in [-0.39, 0.29) is 0 Å². The summed E-state index contributed by atoms with van der Waals surface area (Å²) in [6, 6.07) is 13.6. The fourth-order valence-corrected chi connectivity index (χ4v) is 3.71. The summed E-state index contributed by atoms with van der Waals surface area (Å²) in [4.78, 5) is 1.58. The maximum absolute atomic E-state index is 5.51. The van der Waals surface area contributed by atoms with Crippen LogP contribution in [-0.2, 0) is 13.0 Å².